The van der Waals surface area contributed by atoms with E-state index >= 15 is 0 Å². The average Bonchev–Trinajstić information content (AvgIpc) is 2.26. The first-order valence-electron chi connectivity index (χ1n) is 4.77. The molecule has 4 atom stereocenters. The maximum atomic E-state index is 9.91. The molecule has 2 saturated carbocycles. The molecule has 1 N–H and O–H groups in total. The molecule has 0 aromatic carbocycles. The van der Waals surface area contributed by atoms with Crippen LogP contribution in [0.2, 0.25) is 0 Å². The van der Waals surface area contributed by atoms with E-state index in [2.05, 4.69) is 33.4 Å². The first-order chi connectivity index (χ1) is 5.41. The Kier molecular flexibility index (Phi) is 1.64. The summed E-state index contributed by atoms with van der Waals surface area (Å²) >= 11 is 4.54. The molecular weight excluding hydrogens is 168 g/mol. The largest absolute Gasteiger partial charge is 0.392 e. The van der Waals surface area contributed by atoms with E-state index in [4.69, 9.17) is 0 Å². The van der Waals surface area contributed by atoms with E-state index in [-0.39, 0.29) is 22.2 Å². The van der Waals surface area contributed by atoms with Gasteiger partial charge >= 0.3 is 0 Å². The second-order valence-corrected chi connectivity index (χ2v) is 5.78. The fourth-order valence-electron chi connectivity index (χ4n) is 3.29. The molecule has 0 aromatic rings. The lowest BCUT2D eigenvalue weighted by atomic mass is 9.71. The Bertz CT molecular complexity index is 214. The van der Waals surface area contributed by atoms with Gasteiger partial charge in [0.25, 0.3) is 0 Å². The molecule has 2 heteroatoms. The van der Waals surface area contributed by atoms with E-state index in [0.717, 1.165) is 0 Å². The molecule has 2 bridgehead atoms. The van der Waals surface area contributed by atoms with Crippen LogP contribution in [0.4, 0.5) is 0 Å². The highest BCUT2D eigenvalue weighted by Crippen LogP contribution is 2.66. The lowest BCUT2D eigenvalue weighted by Crippen LogP contribution is -2.35. The van der Waals surface area contributed by atoms with Crippen LogP contribution >= 0.6 is 12.6 Å². The Balaban J connectivity index is 2.44. The van der Waals surface area contributed by atoms with Gasteiger partial charge in [-0.1, -0.05) is 20.8 Å². The van der Waals surface area contributed by atoms with Gasteiger partial charge in [0.05, 0.1) is 6.10 Å². The summed E-state index contributed by atoms with van der Waals surface area (Å²) in [6.45, 7) is 6.84. The Hall–Kier alpha value is 0.310. The summed E-state index contributed by atoms with van der Waals surface area (Å²) in [5, 5.41) is 10.1. The van der Waals surface area contributed by atoms with Crippen molar-refractivity contribution in [2.75, 3.05) is 0 Å². The third-order valence-corrected chi connectivity index (χ3v) is 5.64. The normalized spacial score (nSPS) is 56.2. The van der Waals surface area contributed by atoms with Crippen molar-refractivity contribution in [2.45, 2.75) is 45.0 Å². The number of hydrogen-bond acceptors (Lipinski definition) is 2. The van der Waals surface area contributed by atoms with Crippen molar-refractivity contribution in [3.8, 4) is 0 Å². The van der Waals surface area contributed by atoms with Crippen molar-refractivity contribution >= 4 is 12.6 Å². The molecule has 1 unspecified atom stereocenters. The zero-order valence-electron chi connectivity index (χ0n) is 8.04. The maximum Gasteiger partial charge on any atom is 0.0695 e. The summed E-state index contributed by atoms with van der Waals surface area (Å²) in [4.78, 5) is 0. The highest BCUT2D eigenvalue weighted by Gasteiger charge is 2.64. The highest BCUT2D eigenvalue weighted by atomic mass is 32.1. The van der Waals surface area contributed by atoms with Crippen molar-refractivity contribution in [2.24, 2.45) is 16.7 Å². The van der Waals surface area contributed by atoms with Gasteiger partial charge in [-0.25, -0.2) is 0 Å². The third kappa shape index (κ3) is 0.717. The molecule has 0 radical (unpaired) electrons. The predicted molar refractivity (Wildman–Crippen MR) is 53.4 cm³/mol. The Morgan fingerprint density at radius 1 is 1.33 bits per heavy atom. The van der Waals surface area contributed by atoms with Crippen LogP contribution in [0.15, 0.2) is 0 Å². The van der Waals surface area contributed by atoms with Crippen molar-refractivity contribution in [3.63, 3.8) is 0 Å². The third-order valence-electron chi connectivity index (χ3n) is 4.76. The smallest absolute Gasteiger partial charge is 0.0695 e. The van der Waals surface area contributed by atoms with Crippen molar-refractivity contribution in [1.82, 2.24) is 0 Å². The molecule has 0 heterocycles. The molecule has 70 valence electrons. The second kappa shape index (κ2) is 2.21. The minimum absolute atomic E-state index is 0.179. The Morgan fingerprint density at radius 2 is 1.92 bits per heavy atom. The molecule has 2 rings (SSSR count). The first kappa shape index (κ1) is 8.89. The van der Waals surface area contributed by atoms with E-state index in [0.29, 0.717) is 5.92 Å². The molecule has 0 spiro atoms. The maximum absolute atomic E-state index is 9.91. The van der Waals surface area contributed by atoms with Crippen molar-refractivity contribution < 1.29 is 5.11 Å². The summed E-state index contributed by atoms with van der Waals surface area (Å²) in [6.07, 6.45) is 2.24. The average molecular weight is 186 g/mol. The minimum atomic E-state index is -0.179. The van der Waals surface area contributed by atoms with E-state index < -0.39 is 0 Å². The SMILES string of the molecule is CC1(C)[C@H]2CCC1(C)[C@@H](S)[C@H]2O. The monoisotopic (exact) mass is 186 g/mol. The Labute approximate surface area is 80.0 Å². The van der Waals surface area contributed by atoms with E-state index in [9.17, 15) is 5.11 Å². The quantitative estimate of drug-likeness (QED) is 0.555. The number of fused-ring (bicyclic) bond motifs is 2. The summed E-state index contributed by atoms with van der Waals surface area (Å²) in [5.74, 6) is 0.477. The zero-order chi connectivity index (χ0) is 9.15. The summed E-state index contributed by atoms with van der Waals surface area (Å²) in [7, 11) is 0. The van der Waals surface area contributed by atoms with Gasteiger partial charge in [0.2, 0.25) is 0 Å². The number of hydrogen-bond donors (Lipinski definition) is 2. The van der Waals surface area contributed by atoms with E-state index in [1.54, 1.807) is 0 Å². The van der Waals surface area contributed by atoms with Gasteiger partial charge in [0.15, 0.2) is 0 Å². The number of rotatable bonds is 0. The molecule has 1 nitrogen and oxygen atoms in total. The van der Waals surface area contributed by atoms with E-state index in [1.807, 2.05) is 0 Å². The number of thiol groups is 1. The zero-order valence-corrected chi connectivity index (χ0v) is 8.94. The molecular formula is C10H18OS. The van der Waals surface area contributed by atoms with Gasteiger partial charge in [-0.2, -0.15) is 12.6 Å². The summed E-state index contributed by atoms with van der Waals surface area (Å²) in [5.41, 5.74) is 0.527. The van der Waals surface area contributed by atoms with Gasteiger partial charge < -0.3 is 5.11 Å². The van der Waals surface area contributed by atoms with Crippen LogP contribution in [0.25, 0.3) is 0 Å². The lowest BCUT2D eigenvalue weighted by Gasteiger charge is -2.37. The van der Waals surface area contributed by atoms with Crippen LogP contribution < -0.4 is 0 Å². The molecule has 0 aliphatic heterocycles. The van der Waals surface area contributed by atoms with Gasteiger partial charge in [-0.05, 0) is 29.6 Å². The fraction of sp³-hybridized carbons (Fsp3) is 1.00. The topological polar surface area (TPSA) is 20.2 Å². The molecule has 0 aromatic heterocycles. The van der Waals surface area contributed by atoms with Crippen LogP contribution in [-0.4, -0.2) is 16.5 Å². The highest BCUT2D eigenvalue weighted by molar-refractivity contribution is 7.81. The molecule has 2 fully saturated rings. The molecule has 12 heavy (non-hydrogen) atoms. The number of aliphatic hydroxyl groups excluding tert-OH is 1. The predicted octanol–water partition coefficient (Wildman–Crippen LogP) is 2.10. The fourth-order valence-corrected chi connectivity index (χ4v) is 3.96. The molecule has 2 aliphatic rings. The summed E-state index contributed by atoms with van der Waals surface area (Å²) < 4.78 is 0. The lowest BCUT2D eigenvalue weighted by molar-refractivity contribution is 0.0986. The van der Waals surface area contributed by atoms with Gasteiger partial charge in [0, 0.05) is 5.25 Å². The molecule has 0 saturated heterocycles. The number of aliphatic hydroxyl groups is 1. The van der Waals surface area contributed by atoms with Gasteiger partial charge in [-0.3, -0.25) is 0 Å². The molecule has 0 amide bonds. The van der Waals surface area contributed by atoms with Crippen LogP contribution in [0.3, 0.4) is 0 Å². The standard InChI is InChI=1S/C10H18OS/c1-9(2)6-4-5-10(9,3)8(12)7(6)11/h6-8,11-12H,4-5H2,1-3H3/t6-,7-,8-,10?/m0/s1. The van der Waals surface area contributed by atoms with Crippen LogP contribution in [0.5, 0.6) is 0 Å². The summed E-state index contributed by atoms with van der Waals surface area (Å²) in [6, 6.07) is 0. The Morgan fingerprint density at radius 3 is 2.17 bits per heavy atom. The second-order valence-electron chi connectivity index (χ2n) is 5.22. The minimum Gasteiger partial charge on any atom is -0.392 e. The molecule has 2 aliphatic carbocycles. The van der Waals surface area contributed by atoms with Crippen LogP contribution in [0, 0.1) is 16.7 Å². The van der Waals surface area contributed by atoms with Crippen molar-refractivity contribution in [3.05, 3.63) is 0 Å². The van der Waals surface area contributed by atoms with Crippen LogP contribution in [-0.2, 0) is 0 Å². The van der Waals surface area contributed by atoms with E-state index in [1.165, 1.54) is 12.8 Å². The van der Waals surface area contributed by atoms with Crippen LogP contribution in [0.1, 0.15) is 33.6 Å². The van der Waals surface area contributed by atoms with Gasteiger partial charge in [-0.15, -0.1) is 0 Å². The van der Waals surface area contributed by atoms with Gasteiger partial charge in [0.1, 0.15) is 0 Å². The first-order valence-corrected chi connectivity index (χ1v) is 5.29. The van der Waals surface area contributed by atoms with Crippen molar-refractivity contribution in [1.29, 1.82) is 0 Å².